The van der Waals surface area contributed by atoms with Crippen molar-refractivity contribution in [2.75, 3.05) is 6.61 Å². The second-order valence-electron chi connectivity index (χ2n) is 11.8. The van der Waals surface area contributed by atoms with Crippen LogP contribution in [0.2, 0.25) is 0 Å². The smallest absolute Gasteiger partial charge is 0.208 e. The molecule has 0 heterocycles. The molecule has 39 heavy (non-hydrogen) atoms. The number of carbonyl (C=O) groups is 1. The largest absolute Gasteiger partial charge is 0.412 e. The van der Waals surface area contributed by atoms with Crippen molar-refractivity contribution in [2.45, 2.75) is 72.1 Å². The minimum absolute atomic E-state index is 0. The summed E-state index contributed by atoms with van der Waals surface area (Å²) in [6.45, 7) is 9.17. The molecule has 0 aromatic heterocycles. The van der Waals surface area contributed by atoms with Crippen LogP contribution in [-0.2, 0) is 9.53 Å². The van der Waals surface area contributed by atoms with E-state index in [4.69, 9.17) is 4.74 Å². The van der Waals surface area contributed by atoms with E-state index in [1.807, 2.05) is 13.0 Å². The predicted octanol–water partition coefficient (Wildman–Crippen LogP) is 6.34. The summed E-state index contributed by atoms with van der Waals surface area (Å²) in [5.74, 6) is 9.15. The first-order chi connectivity index (χ1) is 18.3. The van der Waals surface area contributed by atoms with E-state index in [1.54, 1.807) is 12.1 Å². The number of allylic oxidation sites excluding steroid dienone is 6. The minimum atomic E-state index is -0.194. The van der Waals surface area contributed by atoms with Crippen LogP contribution >= 0.6 is 0 Å². The molecule has 4 aliphatic rings. The van der Waals surface area contributed by atoms with Crippen molar-refractivity contribution in [1.82, 2.24) is 5.32 Å². The Kier molecular flexibility index (Phi) is 9.64. The number of ketones is 1. The van der Waals surface area contributed by atoms with Gasteiger partial charge in [-0.15, -0.1) is 0 Å². The van der Waals surface area contributed by atoms with E-state index in [2.05, 4.69) is 62.2 Å². The number of hydrogen-bond donors (Lipinski definition) is 1. The second-order valence-corrected chi connectivity index (χ2v) is 11.8. The highest BCUT2D eigenvalue weighted by Gasteiger charge is 2.50. The number of hydrogen-bond acceptors (Lipinski definition) is 3. The third-order valence-electron chi connectivity index (χ3n) is 9.29. The Balaban J connectivity index is 0.00000220. The predicted molar refractivity (Wildman–Crippen MR) is 157 cm³/mol. The van der Waals surface area contributed by atoms with Crippen LogP contribution in [0.3, 0.4) is 0 Å². The highest BCUT2D eigenvalue weighted by atomic mass is 19.1. The van der Waals surface area contributed by atoms with Crippen LogP contribution < -0.4 is 5.32 Å². The first kappa shape index (κ1) is 29.5. The Hall–Kier alpha value is -2.52. The van der Waals surface area contributed by atoms with Crippen molar-refractivity contribution in [3.05, 3.63) is 71.4 Å². The molecule has 0 spiro atoms. The fourth-order valence-electron chi connectivity index (χ4n) is 7.61. The summed E-state index contributed by atoms with van der Waals surface area (Å²) in [5.41, 5.74) is 3.44. The van der Waals surface area contributed by atoms with Crippen molar-refractivity contribution in [2.24, 2.45) is 35.5 Å². The number of ether oxygens (including phenoxy) is 1. The maximum atomic E-state index is 13.8. The number of Topliss-reactive ketones (excluding diaryl/α,β-unsaturated/α-hetero) is 1. The molecule has 3 N–H and O–H groups in total. The van der Waals surface area contributed by atoms with E-state index in [1.165, 1.54) is 23.1 Å². The molecule has 1 aromatic rings. The molecular formula is C34H45FNO3. The van der Waals surface area contributed by atoms with Crippen LogP contribution in [0.5, 0.6) is 0 Å². The molecule has 0 amide bonds. The highest BCUT2D eigenvalue weighted by molar-refractivity contribution is 5.99. The Morgan fingerprint density at radius 2 is 2.05 bits per heavy atom. The van der Waals surface area contributed by atoms with Gasteiger partial charge in [0.2, 0.25) is 5.78 Å². The van der Waals surface area contributed by atoms with Gasteiger partial charge >= 0.3 is 0 Å². The molecule has 0 aliphatic heterocycles. The summed E-state index contributed by atoms with van der Waals surface area (Å²) in [6, 6.07) is 7.32. The summed E-state index contributed by atoms with van der Waals surface area (Å²) in [7, 11) is 0. The van der Waals surface area contributed by atoms with Gasteiger partial charge in [-0.2, -0.15) is 0 Å². The van der Waals surface area contributed by atoms with Crippen LogP contribution in [0, 0.1) is 59.1 Å². The number of fused-ring (bicyclic) bond motifs is 2. The lowest BCUT2D eigenvalue weighted by molar-refractivity contribution is -0.123. The molecule has 4 nitrogen and oxygen atoms in total. The lowest BCUT2D eigenvalue weighted by Crippen LogP contribution is -2.50. The van der Waals surface area contributed by atoms with Gasteiger partial charge in [0.15, 0.2) is 0 Å². The maximum absolute atomic E-state index is 13.8. The van der Waals surface area contributed by atoms with Gasteiger partial charge in [-0.1, -0.05) is 49.3 Å². The zero-order valence-electron chi connectivity index (χ0n) is 23.7. The molecule has 2 fully saturated rings. The standard InChI is InChI=1S/C34H41FNO2.H2O.H2/c1-5-38-23(4)36-28-12-15-30-26(19-28)20-32-33(37)16-9-21(2)34(32)31(30)14-11-24-10-13-29(22(3)17-24)25-7-6-8-27(35)18-25;;/h6-8,10-11,13-14,18,22-23,26,28,30-32,34,36H,5,12,15,17,19-20H2,1-4H3;1H2;1H/b14-11+;;/t22?,23?,26-,28-,30+,31+,32+,34+;;/m0../s1. The quantitative estimate of drug-likeness (QED) is 0.252. The van der Waals surface area contributed by atoms with Gasteiger partial charge in [0, 0.05) is 25.9 Å². The topological polar surface area (TPSA) is 69.8 Å². The molecular weight excluding hydrogens is 489 g/mol. The highest BCUT2D eigenvalue weighted by Crippen LogP contribution is 2.53. The average molecular weight is 535 g/mol. The molecule has 8 atom stereocenters. The molecule has 4 aliphatic carbocycles. The van der Waals surface area contributed by atoms with Crippen LogP contribution in [0.15, 0.2) is 54.1 Å². The molecule has 0 bridgehead atoms. The van der Waals surface area contributed by atoms with Crippen LogP contribution in [0.25, 0.3) is 5.57 Å². The Morgan fingerprint density at radius 1 is 1.23 bits per heavy atom. The second kappa shape index (κ2) is 12.8. The van der Waals surface area contributed by atoms with Gasteiger partial charge in [0.25, 0.3) is 0 Å². The van der Waals surface area contributed by atoms with Crippen LogP contribution in [0.4, 0.5) is 4.39 Å². The Morgan fingerprint density at radius 3 is 2.79 bits per heavy atom. The number of rotatable bonds is 7. The van der Waals surface area contributed by atoms with Gasteiger partial charge in [-0.3, -0.25) is 10.1 Å². The zero-order chi connectivity index (χ0) is 26.8. The van der Waals surface area contributed by atoms with E-state index in [0.29, 0.717) is 36.3 Å². The Labute approximate surface area is 235 Å². The molecule has 1 radical (unpaired) electrons. The van der Waals surface area contributed by atoms with E-state index < -0.39 is 0 Å². The van der Waals surface area contributed by atoms with Gasteiger partial charge in [0.05, 0.1) is 0 Å². The van der Waals surface area contributed by atoms with Gasteiger partial charge < -0.3 is 10.2 Å². The lowest BCUT2D eigenvalue weighted by atomic mass is 9.53. The van der Waals surface area contributed by atoms with Gasteiger partial charge in [0.1, 0.15) is 12.0 Å². The molecule has 1 aromatic carbocycles. The summed E-state index contributed by atoms with van der Waals surface area (Å²) < 4.78 is 19.6. The summed E-state index contributed by atoms with van der Waals surface area (Å²) in [4.78, 5) is 13.0. The van der Waals surface area contributed by atoms with Crippen molar-refractivity contribution in [3.8, 4) is 11.8 Å². The van der Waals surface area contributed by atoms with E-state index in [0.717, 1.165) is 37.7 Å². The van der Waals surface area contributed by atoms with Crippen molar-refractivity contribution in [3.63, 3.8) is 0 Å². The number of benzene rings is 1. The maximum Gasteiger partial charge on any atom is 0.208 e. The van der Waals surface area contributed by atoms with E-state index in [9.17, 15) is 9.18 Å². The third kappa shape index (κ3) is 6.46. The molecule has 211 valence electrons. The molecule has 5 heteroatoms. The number of halogens is 1. The third-order valence-corrected chi connectivity index (χ3v) is 9.29. The first-order valence-electron chi connectivity index (χ1n) is 14.5. The average Bonchev–Trinajstić information content (AvgIpc) is 2.89. The Bertz CT molecular complexity index is 1200. The summed E-state index contributed by atoms with van der Waals surface area (Å²) in [6.07, 6.45) is 14.4. The molecule has 2 unspecified atom stereocenters. The fraction of sp³-hybridized carbons (Fsp3) is 0.529. The molecule has 2 saturated carbocycles. The van der Waals surface area contributed by atoms with Gasteiger partial charge in [-0.25, -0.2) is 4.39 Å². The molecule has 0 saturated heterocycles. The van der Waals surface area contributed by atoms with Crippen molar-refractivity contribution < 1.29 is 20.8 Å². The molecule has 5 rings (SSSR count). The van der Waals surface area contributed by atoms with E-state index >= 15 is 0 Å². The SMILES string of the molecule is CCOC(C)N[C@H]1CC[C@@H]2[C@@H](C1)C[C@@H]1C(=O)C#C[C](C)[C@@H]1[C@@H]2/C=C/C1=CC=C(c2cccc(F)c2)C(C)C1.O.[HH]. The zero-order valence-corrected chi connectivity index (χ0v) is 23.7. The van der Waals surface area contributed by atoms with Gasteiger partial charge in [-0.05, 0) is 117 Å². The summed E-state index contributed by atoms with van der Waals surface area (Å²) >= 11 is 0. The van der Waals surface area contributed by atoms with Crippen molar-refractivity contribution in [1.29, 1.82) is 0 Å². The van der Waals surface area contributed by atoms with Crippen LogP contribution in [0.1, 0.15) is 66.8 Å². The van der Waals surface area contributed by atoms with Crippen LogP contribution in [-0.4, -0.2) is 30.1 Å². The number of carbonyl (C=O) groups excluding carboxylic acids is 1. The van der Waals surface area contributed by atoms with E-state index in [-0.39, 0.29) is 36.6 Å². The minimum Gasteiger partial charge on any atom is -0.412 e. The first-order valence-corrected chi connectivity index (χ1v) is 14.5. The van der Waals surface area contributed by atoms with Crippen molar-refractivity contribution >= 4 is 11.4 Å². The summed E-state index contributed by atoms with van der Waals surface area (Å²) in [5, 5.41) is 3.67. The normalized spacial score (nSPS) is 33.2. The monoisotopic (exact) mass is 534 g/mol. The lowest BCUT2D eigenvalue weighted by Gasteiger charge is -2.51. The fourth-order valence-corrected chi connectivity index (χ4v) is 7.61. The number of nitrogens with one attached hydrogen (secondary N) is 1.